The minimum absolute atomic E-state index is 0.152. The lowest BCUT2D eigenvalue weighted by atomic mass is 10.00. The average molecular weight is 304 g/mol. The van der Waals surface area contributed by atoms with E-state index in [1.807, 2.05) is 16.8 Å². The molecule has 0 atom stereocenters. The number of nitrogens with one attached hydrogen (secondary N) is 1. The van der Waals surface area contributed by atoms with Crippen molar-refractivity contribution in [2.45, 2.75) is 19.3 Å². The summed E-state index contributed by atoms with van der Waals surface area (Å²) in [6.45, 7) is 1.58. The molecule has 0 aromatic carbocycles. The Morgan fingerprint density at radius 3 is 2.74 bits per heavy atom. The summed E-state index contributed by atoms with van der Waals surface area (Å²) < 4.78 is 28.2. The van der Waals surface area contributed by atoms with Crippen LogP contribution in [0, 0.1) is 5.92 Å². The molecule has 1 aliphatic rings. The van der Waals surface area contributed by atoms with Crippen LogP contribution in [0.15, 0.2) is 16.8 Å². The first-order valence-corrected chi connectivity index (χ1v) is 8.87. The average Bonchev–Trinajstić information content (AvgIpc) is 2.92. The third kappa shape index (κ3) is 4.25. The van der Waals surface area contributed by atoms with Crippen molar-refractivity contribution in [2.75, 3.05) is 26.2 Å². The second-order valence-electron chi connectivity index (χ2n) is 4.81. The monoisotopic (exact) mass is 304 g/mol. The maximum absolute atomic E-state index is 12.1. The Morgan fingerprint density at radius 1 is 1.42 bits per heavy atom. The van der Waals surface area contributed by atoms with Gasteiger partial charge in [0.15, 0.2) is 0 Å². The van der Waals surface area contributed by atoms with E-state index in [2.05, 4.69) is 4.72 Å². The van der Waals surface area contributed by atoms with E-state index in [1.165, 1.54) is 4.31 Å². The summed E-state index contributed by atoms with van der Waals surface area (Å²) in [7, 11) is -3.36. The minimum Gasteiger partial charge on any atom is -0.396 e. The van der Waals surface area contributed by atoms with E-state index in [4.69, 9.17) is 5.11 Å². The summed E-state index contributed by atoms with van der Waals surface area (Å²) in [5.41, 5.74) is 1.16. The van der Waals surface area contributed by atoms with Gasteiger partial charge in [-0.1, -0.05) is 0 Å². The highest BCUT2D eigenvalue weighted by atomic mass is 32.2. The van der Waals surface area contributed by atoms with Crippen LogP contribution >= 0.6 is 11.3 Å². The molecule has 1 fully saturated rings. The summed E-state index contributed by atoms with van der Waals surface area (Å²) in [5.74, 6) is 0.247. The highest BCUT2D eigenvalue weighted by Gasteiger charge is 2.27. The van der Waals surface area contributed by atoms with E-state index in [-0.39, 0.29) is 12.5 Å². The maximum Gasteiger partial charge on any atom is 0.279 e. The van der Waals surface area contributed by atoms with Gasteiger partial charge >= 0.3 is 0 Å². The Labute approximate surface area is 118 Å². The molecule has 1 aromatic heterocycles. The fourth-order valence-corrected chi connectivity index (χ4v) is 4.12. The molecule has 0 radical (unpaired) electrons. The molecule has 0 amide bonds. The highest BCUT2D eigenvalue weighted by Crippen LogP contribution is 2.18. The predicted octanol–water partition coefficient (Wildman–Crippen LogP) is 0.829. The quantitative estimate of drug-likeness (QED) is 0.818. The number of aliphatic hydroxyl groups excluding tert-OH is 1. The Balaban J connectivity index is 1.78. The Morgan fingerprint density at radius 2 is 2.16 bits per heavy atom. The van der Waals surface area contributed by atoms with Crippen LogP contribution in [0.5, 0.6) is 0 Å². The van der Waals surface area contributed by atoms with Crippen molar-refractivity contribution in [1.29, 1.82) is 0 Å². The zero-order chi connectivity index (χ0) is 13.7. The van der Waals surface area contributed by atoms with Crippen LogP contribution in [0.2, 0.25) is 0 Å². The SMILES string of the molecule is O=S(=O)(NCCc1ccsc1)N1CCC(CO)CC1. The summed E-state index contributed by atoms with van der Waals surface area (Å²) in [5, 5.41) is 13.1. The summed E-state index contributed by atoms with van der Waals surface area (Å²) in [6.07, 6.45) is 2.19. The first-order chi connectivity index (χ1) is 9.12. The zero-order valence-corrected chi connectivity index (χ0v) is 12.4. The fourth-order valence-electron chi connectivity index (χ4n) is 2.18. The van der Waals surface area contributed by atoms with Gasteiger partial charge < -0.3 is 5.11 Å². The van der Waals surface area contributed by atoms with Gasteiger partial charge in [-0.05, 0) is 47.6 Å². The lowest BCUT2D eigenvalue weighted by Gasteiger charge is -2.30. The normalized spacial score (nSPS) is 18.8. The number of rotatable bonds is 6. The molecule has 0 spiro atoms. The molecule has 0 unspecified atom stereocenters. The lowest BCUT2D eigenvalue weighted by Crippen LogP contribution is -2.45. The van der Waals surface area contributed by atoms with Crippen LogP contribution in [-0.2, 0) is 16.6 Å². The van der Waals surface area contributed by atoms with Crippen LogP contribution < -0.4 is 4.72 Å². The van der Waals surface area contributed by atoms with Crippen LogP contribution in [-0.4, -0.2) is 44.1 Å². The first-order valence-electron chi connectivity index (χ1n) is 6.48. The smallest absolute Gasteiger partial charge is 0.279 e. The Kier molecular flexibility index (Phi) is 5.35. The molecule has 2 rings (SSSR count). The topological polar surface area (TPSA) is 69.6 Å². The molecule has 2 N–H and O–H groups in total. The van der Waals surface area contributed by atoms with Crippen molar-refractivity contribution in [1.82, 2.24) is 9.03 Å². The van der Waals surface area contributed by atoms with Crippen molar-refractivity contribution >= 4 is 21.5 Å². The highest BCUT2D eigenvalue weighted by molar-refractivity contribution is 7.87. The maximum atomic E-state index is 12.1. The number of hydrogen-bond donors (Lipinski definition) is 2. The van der Waals surface area contributed by atoms with Gasteiger partial charge in [-0.25, -0.2) is 4.72 Å². The third-order valence-electron chi connectivity index (χ3n) is 3.45. The van der Waals surface area contributed by atoms with E-state index in [0.29, 0.717) is 19.6 Å². The van der Waals surface area contributed by atoms with Gasteiger partial charge in [0.05, 0.1) is 0 Å². The van der Waals surface area contributed by atoms with Crippen molar-refractivity contribution in [3.05, 3.63) is 22.4 Å². The lowest BCUT2D eigenvalue weighted by molar-refractivity contribution is 0.169. The van der Waals surface area contributed by atoms with Crippen LogP contribution in [0.3, 0.4) is 0 Å². The Bertz CT molecular complexity index is 465. The van der Waals surface area contributed by atoms with Gasteiger partial charge in [0.1, 0.15) is 0 Å². The van der Waals surface area contributed by atoms with Gasteiger partial charge in [-0.15, -0.1) is 0 Å². The van der Waals surface area contributed by atoms with Crippen LogP contribution in [0.4, 0.5) is 0 Å². The zero-order valence-electron chi connectivity index (χ0n) is 10.8. The van der Waals surface area contributed by atoms with Gasteiger partial charge in [-0.2, -0.15) is 24.1 Å². The van der Waals surface area contributed by atoms with Crippen molar-refractivity contribution in [2.24, 2.45) is 5.92 Å². The van der Waals surface area contributed by atoms with Crippen LogP contribution in [0.1, 0.15) is 18.4 Å². The molecule has 0 bridgehead atoms. The van der Waals surface area contributed by atoms with Crippen LogP contribution in [0.25, 0.3) is 0 Å². The van der Waals surface area contributed by atoms with Gasteiger partial charge in [0.25, 0.3) is 10.2 Å². The number of aliphatic hydroxyl groups is 1. The predicted molar refractivity (Wildman–Crippen MR) is 76.3 cm³/mol. The summed E-state index contributed by atoms with van der Waals surface area (Å²) in [4.78, 5) is 0. The third-order valence-corrected chi connectivity index (χ3v) is 5.80. The Hall–Kier alpha value is -0.470. The van der Waals surface area contributed by atoms with E-state index >= 15 is 0 Å². The minimum atomic E-state index is -3.36. The largest absolute Gasteiger partial charge is 0.396 e. The van der Waals surface area contributed by atoms with Crippen molar-refractivity contribution in [3.63, 3.8) is 0 Å². The molecule has 7 heteroatoms. The second-order valence-corrected chi connectivity index (χ2v) is 7.34. The number of hydrogen-bond acceptors (Lipinski definition) is 4. The van der Waals surface area contributed by atoms with Crippen molar-refractivity contribution in [3.8, 4) is 0 Å². The molecule has 5 nitrogen and oxygen atoms in total. The second kappa shape index (κ2) is 6.81. The molecule has 108 valence electrons. The van der Waals surface area contributed by atoms with E-state index < -0.39 is 10.2 Å². The molecule has 1 saturated heterocycles. The summed E-state index contributed by atoms with van der Waals surface area (Å²) >= 11 is 1.62. The van der Waals surface area contributed by atoms with E-state index in [9.17, 15) is 8.42 Å². The van der Waals surface area contributed by atoms with Gasteiger partial charge in [0, 0.05) is 26.2 Å². The number of nitrogens with zero attached hydrogens (tertiary/aromatic N) is 1. The number of piperidine rings is 1. The molecule has 2 heterocycles. The standard InChI is InChI=1S/C12H20N2O3S2/c15-9-11-2-6-14(7-3-11)19(16,17)13-5-1-12-4-8-18-10-12/h4,8,10-11,13,15H,1-3,5-7,9H2. The molecule has 19 heavy (non-hydrogen) atoms. The molecule has 1 aromatic rings. The number of thiophene rings is 1. The van der Waals surface area contributed by atoms with Gasteiger partial charge in [-0.3, -0.25) is 0 Å². The first kappa shape index (κ1) is 14.9. The molecular weight excluding hydrogens is 284 g/mol. The molecule has 0 aliphatic carbocycles. The molecular formula is C12H20N2O3S2. The van der Waals surface area contributed by atoms with E-state index in [0.717, 1.165) is 24.8 Å². The fraction of sp³-hybridized carbons (Fsp3) is 0.667. The molecule has 1 aliphatic heterocycles. The van der Waals surface area contributed by atoms with Gasteiger partial charge in [0.2, 0.25) is 0 Å². The van der Waals surface area contributed by atoms with E-state index in [1.54, 1.807) is 11.3 Å². The molecule has 0 saturated carbocycles. The van der Waals surface area contributed by atoms with Crippen molar-refractivity contribution < 1.29 is 13.5 Å². The summed E-state index contributed by atoms with van der Waals surface area (Å²) in [6, 6.07) is 2.01.